The quantitative estimate of drug-likeness (QED) is 0.669. The molecule has 2 fully saturated rings. The van der Waals surface area contributed by atoms with Crippen LogP contribution >= 0.6 is 0 Å². The lowest BCUT2D eigenvalue weighted by atomic mass is 9.97. The van der Waals surface area contributed by atoms with E-state index in [-0.39, 0.29) is 17.6 Å². The fourth-order valence-electron chi connectivity index (χ4n) is 4.94. The van der Waals surface area contributed by atoms with E-state index in [0.717, 1.165) is 44.7 Å². The normalized spacial score (nSPS) is 20.1. The molecule has 0 bridgehead atoms. The van der Waals surface area contributed by atoms with Gasteiger partial charge in [-0.25, -0.2) is 9.29 Å². The summed E-state index contributed by atoms with van der Waals surface area (Å²) in [5.74, 6) is -0.404. The Morgan fingerprint density at radius 2 is 1.34 bits per heavy atom. The van der Waals surface area contributed by atoms with E-state index in [1.807, 2.05) is 29.2 Å². The summed E-state index contributed by atoms with van der Waals surface area (Å²) in [5.41, 5.74) is 3.07. The van der Waals surface area contributed by atoms with Crippen molar-refractivity contribution < 1.29 is 14.0 Å². The summed E-state index contributed by atoms with van der Waals surface area (Å²) in [5, 5.41) is 0. The van der Waals surface area contributed by atoms with Gasteiger partial charge in [-0.05, 0) is 73.6 Å². The van der Waals surface area contributed by atoms with Crippen molar-refractivity contribution in [2.24, 2.45) is 5.92 Å². The maximum Gasteiger partial charge on any atom is 0.282 e. The van der Waals surface area contributed by atoms with Crippen molar-refractivity contribution in [1.82, 2.24) is 4.90 Å². The van der Waals surface area contributed by atoms with Gasteiger partial charge in [0, 0.05) is 31.9 Å². The van der Waals surface area contributed by atoms with E-state index in [2.05, 4.69) is 11.8 Å². The molecule has 32 heavy (non-hydrogen) atoms. The van der Waals surface area contributed by atoms with Gasteiger partial charge in [-0.15, -0.1) is 0 Å². The molecule has 0 radical (unpaired) electrons. The average molecular weight is 434 g/mol. The Morgan fingerprint density at radius 1 is 0.750 bits per heavy atom. The molecule has 3 heterocycles. The first kappa shape index (κ1) is 20.7. The first-order valence-corrected chi connectivity index (χ1v) is 11.5. The van der Waals surface area contributed by atoms with Gasteiger partial charge in [0.05, 0.1) is 11.3 Å². The number of halogens is 1. The molecule has 166 valence electrons. The van der Waals surface area contributed by atoms with Gasteiger partial charge in [0.1, 0.15) is 11.5 Å². The van der Waals surface area contributed by atoms with Crippen LogP contribution in [0.3, 0.4) is 0 Å². The molecule has 0 atom stereocenters. The van der Waals surface area contributed by atoms with Crippen LogP contribution in [0.15, 0.2) is 54.2 Å². The third-order valence-corrected chi connectivity index (χ3v) is 6.87. The Bertz CT molecular complexity index is 1050. The summed E-state index contributed by atoms with van der Waals surface area (Å²) in [6, 6.07) is 13.5. The fourth-order valence-corrected chi connectivity index (χ4v) is 4.94. The Hall–Kier alpha value is -3.15. The van der Waals surface area contributed by atoms with Crippen molar-refractivity contribution in [3.05, 3.63) is 65.6 Å². The zero-order valence-electron chi connectivity index (χ0n) is 18.4. The minimum absolute atomic E-state index is 0.294. The van der Waals surface area contributed by atoms with E-state index in [4.69, 9.17) is 0 Å². The molecule has 2 saturated heterocycles. The molecule has 0 aromatic heterocycles. The van der Waals surface area contributed by atoms with Gasteiger partial charge >= 0.3 is 0 Å². The van der Waals surface area contributed by atoms with Gasteiger partial charge in [0.25, 0.3) is 11.8 Å². The van der Waals surface area contributed by atoms with Gasteiger partial charge < -0.3 is 9.80 Å². The highest BCUT2D eigenvalue weighted by Crippen LogP contribution is 2.37. The number of likely N-dealkylation sites (tertiary alicyclic amines) is 1. The number of amides is 2. The summed E-state index contributed by atoms with van der Waals surface area (Å²) in [4.78, 5) is 32.8. The molecule has 3 aliphatic heterocycles. The van der Waals surface area contributed by atoms with Crippen molar-refractivity contribution >= 4 is 28.8 Å². The monoisotopic (exact) mass is 433 g/mol. The SMILES string of the molecule is CC1CCN(C2=C(c3ccc(F)cc3)C(=O)N(c3ccc(N4CCCC4)cc3)C2=O)CC1. The highest BCUT2D eigenvalue weighted by Gasteiger charge is 2.43. The molecule has 2 aromatic rings. The molecule has 5 rings (SSSR count). The lowest BCUT2D eigenvalue weighted by molar-refractivity contribution is -0.120. The lowest BCUT2D eigenvalue weighted by Crippen LogP contribution is -2.38. The molecule has 2 aromatic carbocycles. The molecule has 0 aliphatic carbocycles. The number of hydrogen-bond donors (Lipinski definition) is 0. The second kappa shape index (κ2) is 8.41. The number of piperidine rings is 1. The van der Waals surface area contributed by atoms with Crippen molar-refractivity contribution in [1.29, 1.82) is 0 Å². The Morgan fingerprint density at radius 3 is 1.97 bits per heavy atom. The summed E-state index contributed by atoms with van der Waals surface area (Å²) >= 11 is 0. The predicted octanol–water partition coefficient (Wildman–Crippen LogP) is 4.44. The second-order valence-electron chi connectivity index (χ2n) is 9.06. The van der Waals surface area contributed by atoms with E-state index in [1.54, 1.807) is 12.1 Å². The number of hydrogen-bond acceptors (Lipinski definition) is 4. The number of nitrogens with zero attached hydrogens (tertiary/aromatic N) is 3. The smallest absolute Gasteiger partial charge is 0.282 e. The topological polar surface area (TPSA) is 43.9 Å². The lowest BCUT2D eigenvalue weighted by Gasteiger charge is -2.32. The van der Waals surface area contributed by atoms with Gasteiger partial charge in [-0.3, -0.25) is 9.59 Å². The van der Waals surface area contributed by atoms with E-state index in [0.29, 0.717) is 28.4 Å². The number of carbonyl (C=O) groups is 2. The number of benzene rings is 2. The summed E-state index contributed by atoms with van der Waals surface area (Å²) in [6.07, 6.45) is 4.33. The van der Waals surface area contributed by atoms with Gasteiger partial charge in [0.2, 0.25) is 0 Å². The van der Waals surface area contributed by atoms with Crippen LogP contribution in [-0.2, 0) is 9.59 Å². The Balaban J connectivity index is 1.50. The van der Waals surface area contributed by atoms with Crippen molar-refractivity contribution in [2.75, 3.05) is 36.0 Å². The molecule has 0 saturated carbocycles. The standard InChI is InChI=1S/C26H28FN3O2/c1-18-12-16-29(17-13-18)24-23(19-4-6-20(27)7-5-19)25(31)30(26(24)32)22-10-8-21(9-11-22)28-14-2-3-15-28/h4-11,18H,2-3,12-17H2,1H3. The Labute approximate surface area is 188 Å². The molecule has 2 amide bonds. The zero-order valence-corrected chi connectivity index (χ0v) is 18.4. The van der Waals surface area contributed by atoms with Crippen LogP contribution in [0.2, 0.25) is 0 Å². The van der Waals surface area contributed by atoms with E-state index >= 15 is 0 Å². The molecule has 0 unspecified atom stereocenters. The van der Waals surface area contributed by atoms with Crippen LogP contribution in [0.5, 0.6) is 0 Å². The van der Waals surface area contributed by atoms with E-state index in [1.165, 1.54) is 29.9 Å². The number of imide groups is 1. The Kier molecular flexibility index (Phi) is 5.45. The highest BCUT2D eigenvalue weighted by atomic mass is 19.1. The first-order valence-electron chi connectivity index (χ1n) is 11.5. The van der Waals surface area contributed by atoms with E-state index in [9.17, 15) is 14.0 Å². The minimum Gasteiger partial charge on any atom is -0.372 e. The summed E-state index contributed by atoms with van der Waals surface area (Å²) in [7, 11) is 0. The second-order valence-corrected chi connectivity index (χ2v) is 9.06. The van der Waals surface area contributed by atoms with Crippen LogP contribution in [0.4, 0.5) is 15.8 Å². The van der Waals surface area contributed by atoms with Crippen molar-refractivity contribution in [3.8, 4) is 0 Å². The highest BCUT2D eigenvalue weighted by molar-refractivity contribution is 6.45. The van der Waals surface area contributed by atoms with Crippen molar-refractivity contribution in [2.45, 2.75) is 32.6 Å². The number of rotatable bonds is 4. The van der Waals surface area contributed by atoms with Crippen LogP contribution < -0.4 is 9.80 Å². The molecular weight excluding hydrogens is 405 g/mol. The third-order valence-electron chi connectivity index (χ3n) is 6.87. The number of anilines is 2. The molecule has 3 aliphatic rings. The summed E-state index contributed by atoms with van der Waals surface area (Å²) in [6.45, 7) is 5.76. The molecule has 0 N–H and O–H groups in total. The average Bonchev–Trinajstić information content (AvgIpc) is 3.42. The van der Waals surface area contributed by atoms with Gasteiger partial charge in [0.15, 0.2) is 0 Å². The van der Waals surface area contributed by atoms with Gasteiger partial charge in [-0.1, -0.05) is 19.1 Å². The van der Waals surface area contributed by atoms with Crippen LogP contribution in [0.25, 0.3) is 5.57 Å². The molecular formula is C26H28FN3O2. The summed E-state index contributed by atoms with van der Waals surface area (Å²) < 4.78 is 13.6. The number of carbonyl (C=O) groups excluding carboxylic acids is 2. The predicted molar refractivity (Wildman–Crippen MR) is 124 cm³/mol. The third kappa shape index (κ3) is 3.68. The minimum atomic E-state index is -0.367. The largest absolute Gasteiger partial charge is 0.372 e. The molecule has 6 heteroatoms. The maximum atomic E-state index is 13.6. The van der Waals surface area contributed by atoms with Crippen LogP contribution in [0, 0.1) is 11.7 Å². The van der Waals surface area contributed by atoms with Crippen molar-refractivity contribution in [3.63, 3.8) is 0 Å². The zero-order chi connectivity index (χ0) is 22.2. The molecule has 0 spiro atoms. The van der Waals surface area contributed by atoms with E-state index < -0.39 is 0 Å². The fraction of sp³-hybridized carbons (Fsp3) is 0.385. The van der Waals surface area contributed by atoms with Crippen LogP contribution in [-0.4, -0.2) is 42.9 Å². The molecule has 5 nitrogen and oxygen atoms in total. The maximum absolute atomic E-state index is 13.6. The first-order chi connectivity index (χ1) is 15.5. The van der Waals surface area contributed by atoms with Gasteiger partial charge in [-0.2, -0.15) is 0 Å². The van der Waals surface area contributed by atoms with Crippen LogP contribution in [0.1, 0.15) is 38.2 Å².